The van der Waals surface area contributed by atoms with Crippen LogP contribution in [0.15, 0.2) is 0 Å². The van der Waals surface area contributed by atoms with E-state index in [0.717, 1.165) is 64.2 Å². The number of alkyl halides is 3. The maximum atomic E-state index is 14.0. The van der Waals surface area contributed by atoms with E-state index < -0.39 is 11.6 Å². The summed E-state index contributed by atoms with van der Waals surface area (Å²) < 4.78 is 41.9. The number of fused-ring (bicyclic) bond motifs is 1. The second-order valence-corrected chi connectivity index (χ2v) is 7.06. The first-order valence-corrected chi connectivity index (χ1v) is 8.12. The average molecular weight is 274 g/mol. The molecular formula is C16H25F3. The molecule has 3 rings (SSSR count). The minimum atomic E-state index is -3.98. The van der Waals surface area contributed by atoms with Crippen LogP contribution in [-0.4, -0.2) is 6.18 Å². The molecule has 0 aromatic rings. The van der Waals surface area contributed by atoms with Crippen molar-refractivity contribution in [2.24, 2.45) is 23.2 Å². The smallest absolute Gasteiger partial charge is 0.170 e. The zero-order valence-corrected chi connectivity index (χ0v) is 11.6. The number of rotatable bonds is 1. The molecule has 0 radical (unpaired) electrons. The Morgan fingerprint density at radius 2 is 1.37 bits per heavy atom. The number of hydrogen-bond donors (Lipinski definition) is 0. The summed E-state index contributed by atoms with van der Waals surface area (Å²) in [5, 5.41) is 0. The first-order valence-electron chi connectivity index (χ1n) is 8.12. The molecule has 3 atom stereocenters. The molecule has 0 aromatic carbocycles. The highest BCUT2D eigenvalue weighted by atomic mass is 19.4. The molecule has 3 aliphatic carbocycles. The van der Waals surface area contributed by atoms with Crippen molar-refractivity contribution in [3.8, 4) is 0 Å². The van der Waals surface area contributed by atoms with Crippen LogP contribution in [0.25, 0.3) is 0 Å². The predicted octanol–water partition coefficient (Wildman–Crippen LogP) is 5.72. The van der Waals surface area contributed by atoms with Crippen molar-refractivity contribution in [3.05, 3.63) is 0 Å². The second-order valence-electron chi connectivity index (χ2n) is 7.06. The normalized spacial score (nSPS) is 41.2. The molecule has 0 heterocycles. The predicted molar refractivity (Wildman–Crippen MR) is 69.7 cm³/mol. The molecule has 3 saturated carbocycles. The van der Waals surface area contributed by atoms with Gasteiger partial charge in [0, 0.05) is 0 Å². The van der Waals surface area contributed by atoms with Gasteiger partial charge >= 0.3 is 6.18 Å². The lowest BCUT2D eigenvalue weighted by Crippen LogP contribution is -2.49. The van der Waals surface area contributed by atoms with E-state index >= 15 is 0 Å². The summed E-state index contributed by atoms with van der Waals surface area (Å²) in [5.74, 6) is 0.246. The van der Waals surface area contributed by atoms with Crippen molar-refractivity contribution in [3.63, 3.8) is 0 Å². The van der Waals surface area contributed by atoms with E-state index in [0.29, 0.717) is 12.3 Å². The molecule has 3 aliphatic rings. The summed E-state index contributed by atoms with van der Waals surface area (Å²) >= 11 is 0. The van der Waals surface area contributed by atoms with Gasteiger partial charge in [-0.1, -0.05) is 38.5 Å². The molecule has 3 heteroatoms. The van der Waals surface area contributed by atoms with Gasteiger partial charge in [-0.15, -0.1) is 0 Å². The Balaban J connectivity index is 1.92. The Morgan fingerprint density at radius 3 is 2.05 bits per heavy atom. The minimum Gasteiger partial charge on any atom is -0.170 e. The van der Waals surface area contributed by atoms with Crippen molar-refractivity contribution in [1.29, 1.82) is 0 Å². The molecular weight excluding hydrogens is 249 g/mol. The SMILES string of the molecule is FC(F)(F)C1(C2CCCCC2)CCC2CCCCC21. The van der Waals surface area contributed by atoms with Crippen LogP contribution >= 0.6 is 0 Å². The summed E-state index contributed by atoms with van der Waals surface area (Å²) in [6.45, 7) is 0. The third-order valence-corrected chi connectivity index (χ3v) is 6.36. The van der Waals surface area contributed by atoms with Crippen LogP contribution in [0.5, 0.6) is 0 Å². The molecule has 0 bridgehead atoms. The quantitative estimate of drug-likeness (QED) is 0.574. The van der Waals surface area contributed by atoms with Crippen LogP contribution in [-0.2, 0) is 0 Å². The monoisotopic (exact) mass is 274 g/mol. The molecule has 3 unspecified atom stereocenters. The third-order valence-electron chi connectivity index (χ3n) is 6.36. The van der Waals surface area contributed by atoms with Crippen LogP contribution in [0.1, 0.15) is 70.6 Å². The lowest BCUT2D eigenvalue weighted by atomic mass is 9.59. The average Bonchev–Trinajstić information content (AvgIpc) is 2.80. The molecule has 0 saturated heterocycles. The maximum Gasteiger partial charge on any atom is 0.395 e. The lowest BCUT2D eigenvalue weighted by Gasteiger charge is -2.47. The third kappa shape index (κ3) is 2.12. The summed E-state index contributed by atoms with van der Waals surface area (Å²) in [7, 11) is 0. The Hall–Kier alpha value is -0.210. The van der Waals surface area contributed by atoms with E-state index in [2.05, 4.69) is 0 Å². The fourth-order valence-electron chi connectivity index (χ4n) is 5.55. The molecule has 0 spiro atoms. The van der Waals surface area contributed by atoms with Gasteiger partial charge in [0.05, 0.1) is 5.41 Å². The Kier molecular flexibility index (Phi) is 3.59. The largest absolute Gasteiger partial charge is 0.395 e. The van der Waals surface area contributed by atoms with Crippen LogP contribution < -0.4 is 0 Å². The molecule has 0 aliphatic heterocycles. The zero-order chi connectivity index (χ0) is 13.5. The van der Waals surface area contributed by atoms with Gasteiger partial charge in [0.15, 0.2) is 0 Å². The summed E-state index contributed by atoms with van der Waals surface area (Å²) in [4.78, 5) is 0. The van der Waals surface area contributed by atoms with Crippen molar-refractivity contribution < 1.29 is 13.2 Å². The van der Waals surface area contributed by atoms with Crippen molar-refractivity contribution in [2.75, 3.05) is 0 Å². The highest BCUT2D eigenvalue weighted by molar-refractivity contribution is 5.05. The van der Waals surface area contributed by atoms with Crippen LogP contribution in [0.3, 0.4) is 0 Å². The highest BCUT2D eigenvalue weighted by Crippen LogP contribution is 2.65. The van der Waals surface area contributed by atoms with Crippen molar-refractivity contribution >= 4 is 0 Å². The second kappa shape index (κ2) is 4.96. The van der Waals surface area contributed by atoms with Crippen molar-refractivity contribution in [2.45, 2.75) is 76.8 Å². The lowest BCUT2D eigenvalue weighted by molar-refractivity contribution is -0.264. The zero-order valence-electron chi connectivity index (χ0n) is 11.6. The molecule has 0 N–H and O–H groups in total. The summed E-state index contributed by atoms with van der Waals surface area (Å²) in [6.07, 6.45) is 6.15. The van der Waals surface area contributed by atoms with Gasteiger partial charge in [0.1, 0.15) is 0 Å². The van der Waals surface area contributed by atoms with E-state index in [1.54, 1.807) is 0 Å². The maximum absolute atomic E-state index is 14.0. The molecule has 19 heavy (non-hydrogen) atoms. The van der Waals surface area contributed by atoms with Gasteiger partial charge in [0.25, 0.3) is 0 Å². The molecule has 0 nitrogen and oxygen atoms in total. The first-order chi connectivity index (χ1) is 9.06. The van der Waals surface area contributed by atoms with Gasteiger partial charge in [0.2, 0.25) is 0 Å². The topological polar surface area (TPSA) is 0 Å². The molecule has 0 aromatic heterocycles. The van der Waals surface area contributed by atoms with Crippen LogP contribution in [0.2, 0.25) is 0 Å². The highest BCUT2D eigenvalue weighted by Gasteiger charge is 2.66. The first kappa shape index (κ1) is 13.8. The van der Waals surface area contributed by atoms with E-state index in [9.17, 15) is 13.2 Å². The van der Waals surface area contributed by atoms with E-state index in [4.69, 9.17) is 0 Å². The standard InChI is InChI=1S/C16H25F3/c17-16(18,19)15(13-7-2-1-3-8-13)11-10-12-6-4-5-9-14(12)15/h12-14H,1-11H2. The van der Waals surface area contributed by atoms with Gasteiger partial charge in [-0.3, -0.25) is 0 Å². The van der Waals surface area contributed by atoms with Crippen molar-refractivity contribution in [1.82, 2.24) is 0 Å². The molecule has 0 amide bonds. The van der Waals surface area contributed by atoms with E-state index in [1.807, 2.05) is 0 Å². The van der Waals surface area contributed by atoms with Gasteiger partial charge in [-0.2, -0.15) is 13.2 Å². The van der Waals surface area contributed by atoms with E-state index in [1.165, 1.54) is 0 Å². The van der Waals surface area contributed by atoms with Crippen LogP contribution in [0.4, 0.5) is 13.2 Å². The molecule has 110 valence electrons. The van der Waals surface area contributed by atoms with Gasteiger partial charge in [-0.25, -0.2) is 0 Å². The molecule has 3 fully saturated rings. The van der Waals surface area contributed by atoms with Gasteiger partial charge < -0.3 is 0 Å². The minimum absolute atomic E-state index is 0.0515. The number of hydrogen-bond acceptors (Lipinski definition) is 0. The number of halogens is 3. The summed E-state index contributed by atoms with van der Waals surface area (Å²) in [6, 6.07) is 0. The van der Waals surface area contributed by atoms with E-state index in [-0.39, 0.29) is 11.8 Å². The Bertz CT molecular complexity index is 316. The fourth-order valence-corrected chi connectivity index (χ4v) is 5.55. The fraction of sp³-hybridized carbons (Fsp3) is 1.00. The van der Waals surface area contributed by atoms with Gasteiger partial charge in [-0.05, 0) is 49.9 Å². The summed E-state index contributed by atoms with van der Waals surface area (Å²) in [5.41, 5.74) is -1.31. The van der Waals surface area contributed by atoms with Crippen LogP contribution in [0, 0.1) is 23.2 Å². The Labute approximate surface area is 114 Å². The Morgan fingerprint density at radius 1 is 0.737 bits per heavy atom.